The van der Waals surface area contributed by atoms with Crippen LogP contribution >= 0.6 is 11.3 Å². The van der Waals surface area contributed by atoms with Gasteiger partial charge in [-0.25, -0.2) is 5.01 Å². The summed E-state index contributed by atoms with van der Waals surface area (Å²) in [5.74, 6) is -0.191. The Bertz CT molecular complexity index is 854. The van der Waals surface area contributed by atoms with E-state index in [2.05, 4.69) is 5.10 Å². The molecule has 0 spiro atoms. The van der Waals surface area contributed by atoms with Crippen LogP contribution in [0.4, 0.5) is 0 Å². The van der Waals surface area contributed by atoms with Crippen molar-refractivity contribution in [3.63, 3.8) is 0 Å². The Labute approximate surface area is 170 Å². The molecule has 2 amide bonds. The lowest BCUT2D eigenvalue weighted by Gasteiger charge is -2.26. The van der Waals surface area contributed by atoms with Crippen molar-refractivity contribution < 1.29 is 9.59 Å². The molecule has 6 heteroatoms. The van der Waals surface area contributed by atoms with Crippen molar-refractivity contribution >= 4 is 28.9 Å². The summed E-state index contributed by atoms with van der Waals surface area (Å²) in [6.45, 7) is 6.08. The van der Waals surface area contributed by atoms with E-state index in [1.165, 1.54) is 4.90 Å². The van der Waals surface area contributed by atoms with Crippen LogP contribution in [0, 0.1) is 5.41 Å². The lowest BCUT2D eigenvalue weighted by Crippen LogP contribution is -2.40. The summed E-state index contributed by atoms with van der Waals surface area (Å²) < 4.78 is 0. The molecule has 1 aromatic heterocycles. The minimum absolute atomic E-state index is 0.0272. The maximum atomic E-state index is 13.1. The van der Waals surface area contributed by atoms with Crippen molar-refractivity contribution in [2.75, 3.05) is 13.6 Å². The summed E-state index contributed by atoms with van der Waals surface area (Å²) in [6, 6.07) is 13.8. The van der Waals surface area contributed by atoms with Gasteiger partial charge in [0.25, 0.3) is 5.91 Å². The van der Waals surface area contributed by atoms with Crippen molar-refractivity contribution in [3.05, 3.63) is 58.3 Å². The monoisotopic (exact) mass is 397 g/mol. The van der Waals surface area contributed by atoms with Crippen molar-refractivity contribution in [2.24, 2.45) is 10.5 Å². The van der Waals surface area contributed by atoms with E-state index in [0.29, 0.717) is 12.8 Å². The number of rotatable bonds is 5. The fraction of sp³-hybridized carbons (Fsp3) is 0.409. The number of benzene rings is 1. The standard InChI is InChI=1S/C22H27N3O2S/c1-22(2,3)14-20(26)24(4)15-21(27)25-18(16-9-6-5-7-10-16)13-17(23-25)19-11-8-12-28-19/h5-12,18H,13-15H2,1-4H3/t18-/m1/s1. The molecule has 3 rings (SSSR count). The highest BCUT2D eigenvalue weighted by Crippen LogP contribution is 2.33. The normalized spacial score (nSPS) is 16.8. The van der Waals surface area contributed by atoms with Crippen LogP contribution < -0.4 is 0 Å². The lowest BCUT2D eigenvalue weighted by atomic mass is 9.92. The minimum atomic E-state index is -0.162. The van der Waals surface area contributed by atoms with E-state index >= 15 is 0 Å². The largest absolute Gasteiger partial charge is 0.336 e. The highest BCUT2D eigenvalue weighted by atomic mass is 32.1. The molecule has 0 aliphatic carbocycles. The highest BCUT2D eigenvalue weighted by molar-refractivity contribution is 7.12. The Morgan fingerprint density at radius 2 is 1.89 bits per heavy atom. The maximum absolute atomic E-state index is 13.1. The third-order valence-corrected chi connectivity index (χ3v) is 5.55. The first-order valence-electron chi connectivity index (χ1n) is 9.47. The van der Waals surface area contributed by atoms with Gasteiger partial charge in [0.15, 0.2) is 0 Å². The molecular weight excluding hydrogens is 370 g/mol. The number of carbonyl (C=O) groups is 2. The number of nitrogens with zero attached hydrogens (tertiary/aromatic N) is 3. The fourth-order valence-electron chi connectivity index (χ4n) is 3.22. The van der Waals surface area contributed by atoms with Crippen molar-refractivity contribution in [1.29, 1.82) is 0 Å². The second kappa shape index (κ2) is 8.27. The van der Waals surface area contributed by atoms with Crippen LogP contribution in [-0.2, 0) is 9.59 Å². The molecular formula is C22H27N3O2S. The van der Waals surface area contributed by atoms with E-state index in [4.69, 9.17) is 0 Å². The van der Waals surface area contributed by atoms with Gasteiger partial charge in [0.2, 0.25) is 5.91 Å². The van der Waals surface area contributed by atoms with Crippen LogP contribution in [0.15, 0.2) is 52.9 Å². The summed E-state index contributed by atoms with van der Waals surface area (Å²) >= 11 is 1.62. The summed E-state index contributed by atoms with van der Waals surface area (Å²) in [4.78, 5) is 28.1. The number of carbonyl (C=O) groups excluding carboxylic acids is 2. The molecule has 1 aliphatic heterocycles. The summed E-state index contributed by atoms with van der Waals surface area (Å²) in [5.41, 5.74) is 1.86. The van der Waals surface area contributed by atoms with Crippen molar-refractivity contribution in [3.8, 4) is 0 Å². The lowest BCUT2D eigenvalue weighted by molar-refractivity contribution is -0.141. The smallest absolute Gasteiger partial charge is 0.262 e. The molecule has 1 aliphatic rings. The van der Waals surface area contributed by atoms with Gasteiger partial charge in [0.05, 0.1) is 16.6 Å². The van der Waals surface area contributed by atoms with Crippen LogP contribution in [0.3, 0.4) is 0 Å². The maximum Gasteiger partial charge on any atom is 0.262 e. The third kappa shape index (κ3) is 4.87. The number of hydrogen-bond donors (Lipinski definition) is 0. The zero-order chi connectivity index (χ0) is 20.3. The van der Waals surface area contributed by atoms with Crippen LogP contribution in [0.1, 0.15) is 50.1 Å². The SMILES string of the molecule is CN(CC(=O)N1N=C(c2cccs2)C[C@@H]1c1ccccc1)C(=O)CC(C)(C)C. The highest BCUT2D eigenvalue weighted by Gasteiger charge is 2.34. The Kier molecular flexibility index (Phi) is 5.98. The molecule has 2 heterocycles. The molecule has 0 bridgehead atoms. The second-order valence-electron chi connectivity index (χ2n) is 8.38. The van der Waals surface area contributed by atoms with E-state index in [0.717, 1.165) is 16.2 Å². The molecule has 0 saturated carbocycles. The molecule has 0 fully saturated rings. The number of hydrogen-bond acceptors (Lipinski definition) is 4. The van der Waals surface area contributed by atoms with Gasteiger partial charge in [-0.15, -0.1) is 11.3 Å². The number of likely N-dealkylation sites (N-methyl/N-ethyl adjacent to an activating group) is 1. The molecule has 28 heavy (non-hydrogen) atoms. The molecule has 0 N–H and O–H groups in total. The van der Waals surface area contributed by atoms with Crippen LogP contribution in [0.5, 0.6) is 0 Å². The molecule has 2 aromatic rings. The van der Waals surface area contributed by atoms with Gasteiger partial charge in [-0.1, -0.05) is 57.2 Å². The molecule has 1 aromatic carbocycles. The van der Waals surface area contributed by atoms with Crippen molar-refractivity contribution in [2.45, 2.75) is 39.7 Å². The minimum Gasteiger partial charge on any atom is -0.336 e. The fourth-order valence-corrected chi connectivity index (χ4v) is 3.94. The molecule has 1 atom stereocenters. The van der Waals surface area contributed by atoms with Gasteiger partial charge < -0.3 is 4.90 Å². The third-order valence-electron chi connectivity index (χ3n) is 4.64. The second-order valence-corrected chi connectivity index (χ2v) is 9.33. The van der Waals surface area contributed by atoms with Gasteiger partial charge in [-0.05, 0) is 22.4 Å². The first-order valence-corrected chi connectivity index (χ1v) is 10.3. The van der Waals surface area contributed by atoms with E-state index in [1.807, 2.05) is 68.6 Å². The van der Waals surface area contributed by atoms with E-state index in [-0.39, 0.29) is 29.8 Å². The van der Waals surface area contributed by atoms with Gasteiger partial charge in [0.1, 0.15) is 6.54 Å². The summed E-state index contributed by atoms with van der Waals surface area (Å²) in [5, 5.41) is 8.22. The molecule has 0 saturated heterocycles. The van der Waals surface area contributed by atoms with E-state index in [9.17, 15) is 9.59 Å². The van der Waals surface area contributed by atoms with Gasteiger partial charge in [0, 0.05) is 19.9 Å². The van der Waals surface area contributed by atoms with E-state index < -0.39 is 0 Å². The van der Waals surface area contributed by atoms with E-state index in [1.54, 1.807) is 23.4 Å². The van der Waals surface area contributed by atoms with Crippen LogP contribution in [0.2, 0.25) is 0 Å². The van der Waals surface area contributed by atoms with Gasteiger partial charge >= 0.3 is 0 Å². The Morgan fingerprint density at radius 3 is 2.50 bits per heavy atom. The van der Waals surface area contributed by atoms with Crippen LogP contribution in [-0.4, -0.2) is 41.0 Å². The molecule has 0 radical (unpaired) electrons. The van der Waals surface area contributed by atoms with Crippen molar-refractivity contribution in [1.82, 2.24) is 9.91 Å². The molecule has 5 nitrogen and oxygen atoms in total. The first-order chi connectivity index (χ1) is 13.2. The summed E-state index contributed by atoms with van der Waals surface area (Å²) in [6.07, 6.45) is 1.08. The zero-order valence-electron chi connectivity index (χ0n) is 16.9. The average Bonchev–Trinajstić information content (AvgIpc) is 3.30. The Morgan fingerprint density at radius 1 is 1.18 bits per heavy atom. The molecule has 0 unspecified atom stereocenters. The van der Waals surface area contributed by atoms with Crippen LogP contribution in [0.25, 0.3) is 0 Å². The average molecular weight is 398 g/mol. The Balaban J connectivity index is 1.79. The zero-order valence-corrected chi connectivity index (χ0v) is 17.7. The Hall–Kier alpha value is -2.47. The number of hydrazone groups is 1. The van der Waals surface area contributed by atoms with Gasteiger partial charge in [-0.2, -0.15) is 5.10 Å². The molecule has 148 valence electrons. The predicted octanol–water partition coefficient (Wildman–Crippen LogP) is 4.32. The first kappa shape index (κ1) is 20.3. The number of amides is 2. The van der Waals surface area contributed by atoms with Gasteiger partial charge in [-0.3, -0.25) is 9.59 Å². The predicted molar refractivity (Wildman–Crippen MR) is 113 cm³/mol. The number of thiophene rings is 1. The topological polar surface area (TPSA) is 53.0 Å². The quantitative estimate of drug-likeness (QED) is 0.754. The summed E-state index contributed by atoms with van der Waals surface area (Å²) in [7, 11) is 1.68.